The van der Waals surface area contributed by atoms with Crippen molar-refractivity contribution in [3.8, 4) is 17.1 Å². The molecule has 1 saturated heterocycles. The van der Waals surface area contributed by atoms with E-state index in [0.29, 0.717) is 11.4 Å². The standard InChI is InChI=1S/C20H22N4O/c1-14-6-8-15-17(9-7-14)22-19(16-4-2-3-5-18(16)25)23-20(15)24-12-10-21-11-13-24/h2-6,8-9,21,25H,7,10-13H2,1H3. The molecule has 5 heteroatoms. The zero-order chi connectivity index (χ0) is 17.2. The van der Waals surface area contributed by atoms with Crippen LogP contribution in [0.3, 0.4) is 0 Å². The monoisotopic (exact) mass is 334 g/mol. The molecule has 5 nitrogen and oxygen atoms in total. The lowest BCUT2D eigenvalue weighted by molar-refractivity contribution is 0.477. The summed E-state index contributed by atoms with van der Waals surface area (Å²) in [6, 6.07) is 7.25. The zero-order valence-electron chi connectivity index (χ0n) is 14.4. The Morgan fingerprint density at radius 1 is 1.08 bits per heavy atom. The van der Waals surface area contributed by atoms with Crippen molar-refractivity contribution in [2.75, 3.05) is 31.1 Å². The summed E-state index contributed by atoms with van der Waals surface area (Å²) < 4.78 is 0. The number of phenols is 1. The third-order valence-electron chi connectivity index (χ3n) is 4.67. The Morgan fingerprint density at radius 3 is 2.68 bits per heavy atom. The molecule has 1 aromatic carbocycles. The van der Waals surface area contributed by atoms with E-state index < -0.39 is 0 Å². The van der Waals surface area contributed by atoms with Gasteiger partial charge < -0.3 is 15.3 Å². The molecular weight excluding hydrogens is 312 g/mol. The van der Waals surface area contributed by atoms with Crippen LogP contribution in [0.25, 0.3) is 23.5 Å². The van der Waals surface area contributed by atoms with E-state index >= 15 is 0 Å². The first-order chi connectivity index (χ1) is 12.2. The second-order valence-corrected chi connectivity index (χ2v) is 6.51. The molecule has 0 amide bonds. The Bertz CT molecular complexity index is 943. The lowest BCUT2D eigenvalue weighted by Gasteiger charge is -2.29. The SMILES string of the molecule is CC1=CC=c2c(N3CCNCC3)nc(-c3ccccc3O)nc2=CC1. The number of aromatic hydroxyl groups is 1. The Kier molecular flexibility index (Phi) is 4.24. The quantitative estimate of drug-likeness (QED) is 0.863. The van der Waals surface area contributed by atoms with Gasteiger partial charge in [-0.15, -0.1) is 0 Å². The summed E-state index contributed by atoms with van der Waals surface area (Å²) in [4.78, 5) is 11.9. The van der Waals surface area contributed by atoms with Crippen LogP contribution < -0.4 is 20.8 Å². The minimum absolute atomic E-state index is 0.209. The van der Waals surface area contributed by atoms with Gasteiger partial charge in [-0.05, 0) is 31.6 Å². The maximum absolute atomic E-state index is 10.2. The fourth-order valence-electron chi connectivity index (χ4n) is 3.24. The topological polar surface area (TPSA) is 61.3 Å². The molecule has 1 aliphatic heterocycles. The Balaban J connectivity index is 1.94. The average molecular weight is 334 g/mol. The van der Waals surface area contributed by atoms with Crippen LogP contribution in [0.4, 0.5) is 5.82 Å². The van der Waals surface area contributed by atoms with Gasteiger partial charge in [-0.3, -0.25) is 0 Å². The summed E-state index contributed by atoms with van der Waals surface area (Å²) >= 11 is 0. The maximum atomic E-state index is 10.2. The van der Waals surface area contributed by atoms with E-state index in [1.807, 2.05) is 18.2 Å². The van der Waals surface area contributed by atoms with Crippen molar-refractivity contribution in [2.45, 2.75) is 13.3 Å². The van der Waals surface area contributed by atoms with Gasteiger partial charge in [0.05, 0.1) is 10.9 Å². The molecule has 4 rings (SSSR count). The molecule has 2 heterocycles. The van der Waals surface area contributed by atoms with E-state index in [0.717, 1.165) is 49.0 Å². The summed E-state index contributed by atoms with van der Waals surface area (Å²) in [7, 11) is 0. The van der Waals surface area contributed by atoms with E-state index in [1.165, 1.54) is 5.57 Å². The number of hydrogen-bond donors (Lipinski definition) is 2. The number of para-hydroxylation sites is 1. The van der Waals surface area contributed by atoms with Crippen LogP contribution in [0.15, 0.2) is 35.9 Å². The smallest absolute Gasteiger partial charge is 0.165 e. The van der Waals surface area contributed by atoms with Crippen molar-refractivity contribution in [3.05, 3.63) is 46.5 Å². The van der Waals surface area contributed by atoms with Crippen molar-refractivity contribution in [1.29, 1.82) is 0 Å². The number of fused-ring (bicyclic) bond motifs is 1. The fourth-order valence-corrected chi connectivity index (χ4v) is 3.24. The number of nitrogens with one attached hydrogen (secondary N) is 1. The lowest BCUT2D eigenvalue weighted by atomic mass is 10.1. The number of benzene rings is 1. The number of rotatable bonds is 2. The molecular formula is C20H22N4O. The summed E-state index contributed by atoms with van der Waals surface area (Å²) in [6.07, 6.45) is 7.31. The van der Waals surface area contributed by atoms with Crippen LogP contribution in [0.5, 0.6) is 5.75 Å². The van der Waals surface area contributed by atoms with E-state index in [4.69, 9.17) is 9.97 Å². The zero-order valence-corrected chi connectivity index (χ0v) is 14.4. The molecule has 0 saturated carbocycles. The van der Waals surface area contributed by atoms with Gasteiger partial charge in [-0.25, -0.2) is 9.97 Å². The van der Waals surface area contributed by atoms with Crippen molar-refractivity contribution in [1.82, 2.24) is 15.3 Å². The number of phenolic OH excluding ortho intramolecular Hbond substituents is 1. The van der Waals surface area contributed by atoms with Crippen LogP contribution in [0.1, 0.15) is 13.3 Å². The highest BCUT2D eigenvalue weighted by atomic mass is 16.3. The molecule has 1 fully saturated rings. The molecule has 2 N–H and O–H groups in total. The average Bonchev–Trinajstić information content (AvgIpc) is 2.84. The predicted octanol–water partition coefficient (Wildman–Crippen LogP) is 1.17. The number of nitrogens with zero attached hydrogens (tertiary/aromatic N) is 3. The van der Waals surface area contributed by atoms with Crippen molar-refractivity contribution >= 4 is 18.0 Å². The lowest BCUT2D eigenvalue weighted by Crippen LogP contribution is -2.47. The third kappa shape index (κ3) is 3.15. The number of hydrogen-bond acceptors (Lipinski definition) is 5. The first kappa shape index (κ1) is 15.8. The minimum atomic E-state index is 0.209. The number of aromatic nitrogens is 2. The molecule has 128 valence electrons. The molecule has 0 bridgehead atoms. The van der Waals surface area contributed by atoms with E-state index in [1.54, 1.807) is 6.07 Å². The van der Waals surface area contributed by atoms with Gasteiger partial charge in [0.2, 0.25) is 0 Å². The van der Waals surface area contributed by atoms with Gasteiger partial charge in [0.25, 0.3) is 0 Å². The third-order valence-corrected chi connectivity index (χ3v) is 4.67. The van der Waals surface area contributed by atoms with Crippen LogP contribution >= 0.6 is 0 Å². The first-order valence-electron chi connectivity index (χ1n) is 8.72. The Labute approximate surface area is 147 Å². The molecule has 25 heavy (non-hydrogen) atoms. The Hall–Kier alpha value is -2.66. The van der Waals surface area contributed by atoms with Crippen LogP contribution in [0.2, 0.25) is 0 Å². The normalized spacial score (nSPS) is 17.0. The van der Waals surface area contributed by atoms with Gasteiger partial charge >= 0.3 is 0 Å². The summed E-state index contributed by atoms with van der Waals surface area (Å²) in [6.45, 7) is 5.85. The molecule has 1 aromatic heterocycles. The summed E-state index contributed by atoms with van der Waals surface area (Å²) in [5.41, 5.74) is 1.97. The van der Waals surface area contributed by atoms with Gasteiger partial charge in [0, 0.05) is 31.4 Å². The highest BCUT2D eigenvalue weighted by Crippen LogP contribution is 2.25. The molecule has 0 atom stereocenters. The fraction of sp³-hybridized carbons (Fsp3) is 0.300. The largest absolute Gasteiger partial charge is 0.507 e. The molecule has 0 spiro atoms. The second-order valence-electron chi connectivity index (χ2n) is 6.51. The number of allylic oxidation sites excluding steroid dienone is 2. The van der Waals surface area contributed by atoms with Crippen molar-refractivity contribution < 1.29 is 5.11 Å². The van der Waals surface area contributed by atoms with Crippen LogP contribution in [0, 0.1) is 0 Å². The van der Waals surface area contributed by atoms with E-state index in [2.05, 4.69) is 35.4 Å². The highest BCUT2D eigenvalue weighted by Gasteiger charge is 2.17. The van der Waals surface area contributed by atoms with Gasteiger partial charge in [-0.1, -0.05) is 29.9 Å². The summed E-state index contributed by atoms with van der Waals surface area (Å²) in [5.74, 6) is 1.74. The maximum Gasteiger partial charge on any atom is 0.165 e. The van der Waals surface area contributed by atoms with Gasteiger partial charge in [0.1, 0.15) is 11.6 Å². The minimum Gasteiger partial charge on any atom is -0.507 e. The van der Waals surface area contributed by atoms with Crippen LogP contribution in [-0.2, 0) is 0 Å². The molecule has 1 aliphatic carbocycles. The van der Waals surface area contributed by atoms with E-state index in [-0.39, 0.29) is 5.75 Å². The number of anilines is 1. The molecule has 2 aliphatic rings. The Morgan fingerprint density at radius 2 is 1.88 bits per heavy atom. The molecule has 0 unspecified atom stereocenters. The van der Waals surface area contributed by atoms with Crippen LogP contribution in [-0.4, -0.2) is 41.3 Å². The van der Waals surface area contributed by atoms with Crippen molar-refractivity contribution in [3.63, 3.8) is 0 Å². The molecule has 2 aromatic rings. The van der Waals surface area contributed by atoms with E-state index in [9.17, 15) is 5.11 Å². The van der Waals surface area contributed by atoms with Gasteiger partial charge in [-0.2, -0.15) is 0 Å². The predicted molar refractivity (Wildman–Crippen MR) is 101 cm³/mol. The first-order valence-corrected chi connectivity index (χ1v) is 8.72. The number of piperazine rings is 1. The molecule has 0 radical (unpaired) electrons. The van der Waals surface area contributed by atoms with Gasteiger partial charge in [0.15, 0.2) is 5.82 Å². The summed E-state index contributed by atoms with van der Waals surface area (Å²) in [5, 5.41) is 15.6. The highest BCUT2D eigenvalue weighted by molar-refractivity contribution is 5.66. The van der Waals surface area contributed by atoms with Crippen molar-refractivity contribution in [2.24, 2.45) is 0 Å². The second kappa shape index (κ2) is 6.69.